The molecule has 220 valence electrons. The Bertz CT molecular complexity index is 1460. The summed E-state index contributed by atoms with van der Waals surface area (Å²) in [4.78, 5) is 29.3. The number of sulfonamides is 1. The third-order valence-electron chi connectivity index (χ3n) is 6.78. The summed E-state index contributed by atoms with van der Waals surface area (Å²) >= 11 is 12.4. The first-order valence-electron chi connectivity index (χ1n) is 13.4. The lowest BCUT2D eigenvalue weighted by molar-refractivity contribution is -0.140. The van der Waals surface area contributed by atoms with E-state index >= 15 is 0 Å². The van der Waals surface area contributed by atoms with Gasteiger partial charge in [0, 0.05) is 19.0 Å². The SMILES string of the molecule is CC[C@H](C)NC(=O)[C@@H](Cc1ccccc1)N(Cc1ccc(Cl)c(Cl)c1)C(=O)CN(c1cc(C)cc(C)c1)S(C)(=O)=O. The van der Waals surface area contributed by atoms with Gasteiger partial charge in [0.1, 0.15) is 12.6 Å². The maximum atomic E-state index is 14.2. The van der Waals surface area contributed by atoms with Crippen molar-refractivity contribution < 1.29 is 18.0 Å². The number of nitrogens with zero attached hydrogens (tertiary/aromatic N) is 2. The lowest BCUT2D eigenvalue weighted by Crippen LogP contribution is -2.54. The van der Waals surface area contributed by atoms with Crippen LogP contribution in [0, 0.1) is 13.8 Å². The second-order valence-electron chi connectivity index (χ2n) is 10.4. The van der Waals surface area contributed by atoms with Gasteiger partial charge in [-0.2, -0.15) is 0 Å². The number of anilines is 1. The standard InChI is InChI=1S/C31H37Cl2N3O4S/c1-6-23(4)34-31(38)29(18-24-10-8-7-9-11-24)35(19-25-12-13-27(32)28(33)17-25)30(37)20-36(41(5,39)40)26-15-21(2)14-22(3)16-26/h7-17,23,29H,6,18-20H2,1-5H3,(H,34,38)/t23-,29+/m0/s1. The topological polar surface area (TPSA) is 86.8 Å². The highest BCUT2D eigenvalue weighted by molar-refractivity contribution is 7.92. The van der Waals surface area contributed by atoms with E-state index < -0.39 is 28.5 Å². The summed E-state index contributed by atoms with van der Waals surface area (Å²) in [7, 11) is -3.85. The first kappa shape index (κ1) is 32.4. The second-order valence-corrected chi connectivity index (χ2v) is 13.1. The molecule has 2 atom stereocenters. The lowest BCUT2D eigenvalue weighted by Gasteiger charge is -2.34. The lowest BCUT2D eigenvalue weighted by atomic mass is 10.0. The molecule has 1 N–H and O–H groups in total. The molecule has 3 aromatic rings. The van der Waals surface area contributed by atoms with Crippen molar-refractivity contribution in [2.24, 2.45) is 0 Å². The summed E-state index contributed by atoms with van der Waals surface area (Å²) in [6.45, 7) is 7.13. The van der Waals surface area contributed by atoms with Crippen molar-refractivity contribution in [2.45, 2.75) is 59.2 Å². The summed E-state index contributed by atoms with van der Waals surface area (Å²) in [5.74, 6) is -0.852. The number of carbonyl (C=O) groups excluding carboxylic acids is 2. The van der Waals surface area contributed by atoms with Crippen molar-refractivity contribution in [1.29, 1.82) is 0 Å². The molecule has 0 saturated heterocycles. The Morgan fingerprint density at radius 3 is 2.10 bits per heavy atom. The molecule has 0 aliphatic heterocycles. The number of amides is 2. The van der Waals surface area contributed by atoms with Crippen molar-refractivity contribution >= 4 is 50.7 Å². The molecule has 0 aliphatic rings. The third kappa shape index (κ3) is 9.21. The minimum Gasteiger partial charge on any atom is -0.352 e. The Morgan fingerprint density at radius 1 is 0.902 bits per heavy atom. The molecule has 10 heteroatoms. The van der Waals surface area contributed by atoms with Crippen LogP contribution in [0.25, 0.3) is 0 Å². The van der Waals surface area contributed by atoms with Gasteiger partial charge in [0.2, 0.25) is 21.8 Å². The number of aryl methyl sites for hydroxylation is 2. The van der Waals surface area contributed by atoms with Crippen LogP contribution in [0.2, 0.25) is 10.0 Å². The van der Waals surface area contributed by atoms with Crippen LogP contribution in [-0.2, 0) is 32.6 Å². The number of hydrogen-bond acceptors (Lipinski definition) is 4. The molecule has 0 spiro atoms. The van der Waals surface area contributed by atoms with Crippen LogP contribution in [0.15, 0.2) is 66.7 Å². The summed E-state index contributed by atoms with van der Waals surface area (Å²) in [5.41, 5.74) is 3.63. The van der Waals surface area contributed by atoms with E-state index in [0.29, 0.717) is 27.7 Å². The molecular weight excluding hydrogens is 581 g/mol. The van der Waals surface area contributed by atoms with Gasteiger partial charge in [0.15, 0.2) is 0 Å². The number of benzene rings is 3. The van der Waals surface area contributed by atoms with Crippen LogP contribution in [0.5, 0.6) is 0 Å². The maximum Gasteiger partial charge on any atom is 0.244 e. The molecule has 0 radical (unpaired) electrons. The summed E-state index contributed by atoms with van der Waals surface area (Å²) in [6.07, 6.45) is 2.01. The number of rotatable bonds is 12. The van der Waals surface area contributed by atoms with Crippen molar-refractivity contribution in [1.82, 2.24) is 10.2 Å². The van der Waals surface area contributed by atoms with Gasteiger partial charge in [0.05, 0.1) is 22.0 Å². The minimum atomic E-state index is -3.85. The zero-order chi connectivity index (χ0) is 30.3. The first-order chi connectivity index (χ1) is 19.3. The predicted molar refractivity (Wildman–Crippen MR) is 167 cm³/mol. The van der Waals surface area contributed by atoms with Crippen LogP contribution in [0.4, 0.5) is 5.69 Å². The van der Waals surface area contributed by atoms with Crippen molar-refractivity contribution in [2.75, 3.05) is 17.1 Å². The van der Waals surface area contributed by atoms with Crippen LogP contribution in [0.3, 0.4) is 0 Å². The Morgan fingerprint density at radius 2 is 1.54 bits per heavy atom. The van der Waals surface area contributed by atoms with E-state index in [-0.39, 0.29) is 24.9 Å². The minimum absolute atomic E-state index is 0.0194. The Balaban J connectivity index is 2.10. The molecular formula is C31H37Cl2N3O4S. The maximum absolute atomic E-state index is 14.2. The largest absolute Gasteiger partial charge is 0.352 e. The molecule has 7 nitrogen and oxygen atoms in total. The van der Waals surface area contributed by atoms with Crippen LogP contribution < -0.4 is 9.62 Å². The van der Waals surface area contributed by atoms with Crippen molar-refractivity contribution in [3.05, 3.63) is 99.0 Å². The molecule has 3 aromatic carbocycles. The molecule has 0 bridgehead atoms. The Kier molecular flexibility index (Phi) is 11.2. The summed E-state index contributed by atoms with van der Waals surface area (Å²) < 4.78 is 27.0. The fraction of sp³-hybridized carbons (Fsp3) is 0.355. The average Bonchev–Trinajstić information content (AvgIpc) is 2.90. The number of hydrogen-bond donors (Lipinski definition) is 1. The van der Waals surface area contributed by atoms with E-state index in [1.165, 1.54) is 4.90 Å². The van der Waals surface area contributed by atoms with Crippen LogP contribution in [-0.4, -0.2) is 50.0 Å². The molecule has 0 fully saturated rings. The molecule has 0 unspecified atom stereocenters. The van der Waals surface area contributed by atoms with E-state index in [1.807, 2.05) is 64.1 Å². The average molecular weight is 619 g/mol. The number of halogens is 2. The fourth-order valence-corrected chi connectivity index (χ4v) is 5.69. The molecule has 0 saturated carbocycles. The second kappa shape index (κ2) is 14.2. The van der Waals surface area contributed by atoms with Gasteiger partial charge in [-0.15, -0.1) is 0 Å². The van der Waals surface area contributed by atoms with E-state index in [0.717, 1.165) is 27.3 Å². The zero-order valence-corrected chi connectivity index (χ0v) is 26.4. The predicted octanol–water partition coefficient (Wildman–Crippen LogP) is 5.93. The summed E-state index contributed by atoms with van der Waals surface area (Å²) in [6, 6.07) is 18.8. The van der Waals surface area contributed by atoms with Crippen LogP contribution >= 0.6 is 23.2 Å². The van der Waals surface area contributed by atoms with Crippen molar-refractivity contribution in [3.8, 4) is 0 Å². The normalized spacial score (nSPS) is 12.9. The zero-order valence-electron chi connectivity index (χ0n) is 24.0. The van der Waals surface area contributed by atoms with E-state index in [4.69, 9.17) is 23.2 Å². The monoisotopic (exact) mass is 617 g/mol. The highest BCUT2D eigenvalue weighted by Crippen LogP contribution is 2.26. The highest BCUT2D eigenvalue weighted by Gasteiger charge is 2.33. The number of carbonyl (C=O) groups is 2. The van der Waals surface area contributed by atoms with Gasteiger partial charge in [-0.05, 0) is 73.7 Å². The van der Waals surface area contributed by atoms with E-state index in [2.05, 4.69) is 5.32 Å². The first-order valence-corrected chi connectivity index (χ1v) is 16.0. The molecule has 41 heavy (non-hydrogen) atoms. The quantitative estimate of drug-likeness (QED) is 0.273. The molecule has 0 heterocycles. The van der Waals surface area contributed by atoms with E-state index in [1.54, 1.807) is 30.3 Å². The van der Waals surface area contributed by atoms with Crippen molar-refractivity contribution in [3.63, 3.8) is 0 Å². The van der Waals surface area contributed by atoms with Gasteiger partial charge in [-0.3, -0.25) is 13.9 Å². The highest BCUT2D eigenvalue weighted by atomic mass is 35.5. The Labute approximate surface area is 253 Å². The molecule has 3 rings (SSSR count). The van der Waals surface area contributed by atoms with Gasteiger partial charge in [-0.25, -0.2) is 8.42 Å². The van der Waals surface area contributed by atoms with Gasteiger partial charge in [-0.1, -0.05) is 72.6 Å². The summed E-state index contributed by atoms with van der Waals surface area (Å²) in [5, 5.41) is 3.69. The molecule has 0 aromatic heterocycles. The van der Waals surface area contributed by atoms with E-state index in [9.17, 15) is 18.0 Å². The van der Waals surface area contributed by atoms with Gasteiger partial charge in [0.25, 0.3) is 0 Å². The molecule has 0 aliphatic carbocycles. The van der Waals surface area contributed by atoms with Gasteiger partial charge < -0.3 is 10.2 Å². The number of nitrogens with one attached hydrogen (secondary N) is 1. The van der Waals surface area contributed by atoms with Gasteiger partial charge >= 0.3 is 0 Å². The third-order valence-corrected chi connectivity index (χ3v) is 8.66. The smallest absolute Gasteiger partial charge is 0.244 e. The van der Waals surface area contributed by atoms with Crippen LogP contribution in [0.1, 0.15) is 42.5 Å². The fourth-order valence-electron chi connectivity index (χ4n) is 4.54. The Hall–Kier alpha value is -3.07. The molecule has 2 amide bonds.